The van der Waals surface area contributed by atoms with E-state index >= 15 is 0 Å². The molecule has 1 unspecified atom stereocenters. The summed E-state index contributed by atoms with van der Waals surface area (Å²) < 4.78 is 5.35. The van der Waals surface area contributed by atoms with Crippen molar-refractivity contribution in [1.29, 1.82) is 0 Å². The normalized spacial score (nSPS) is 20.8. The van der Waals surface area contributed by atoms with Crippen LogP contribution in [0, 0.1) is 11.3 Å². The highest BCUT2D eigenvalue weighted by Gasteiger charge is 2.57. The standard InChI is InChI=1S/C19H26N4O2.C3H6/c1-4-25-17(24)16-11-22(10-15-8-6-5-7-9-15)12-19(16)13-23(14-19)18(20-2)21-3;1-3-2/h5-9,16H,2,4,10-14H2,1,3H3;3H,1H2,2H3. The van der Waals surface area contributed by atoms with Gasteiger partial charge in [-0.25, -0.2) is 4.99 Å². The van der Waals surface area contributed by atoms with Gasteiger partial charge >= 0.3 is 5.97 Å². The minimum atomic E-state index is -0.102. The predicted octanol–water partition coefficient (Wildman–Crippen LogP) is 2.86. The fourth-order valence-corrected chi connectivity index (χ4v) is 4.09. The number of rotatable bonds is 4. The lowest BCUT2D eigenvalue weighted by Gasteiger charge is -2.50. The Balaban J connectivity index is 0.000000878. The number of likely N-dealkylation sites (tertiary alicyclic amines) is 2. The summed E-state index contributed by atoms with van der Waals surface area (Å²) in [6, 6.07) is 10.4. The van der Waals surface area contributed by atoms with Crippen molar-refractivity contribution < 1.29 is 9.53 Å². The Labute approximate surface area is 168 Å². The van der Waals surface area contributed by atoms with E-state index in [1.807, 2.05) is 19.9 Å². The fourth-order valence-electron chi connectivity index (χ4n) is 4.09. The van der Waals surface area contributed by atoms with Gasteiger partial charge in [0.25, 0.3) is 0 Å². The summed E-state index contributed by atoms with van der Waals surface area (Å²) in [5.41, 5.74) is 1.18. The molecule has 0 radical (unpaired) electrons. The molecular weight excluding hydrogens is 352 g/mol. The van der Waals surface area contributed by atoms with Crippen molar-refractivity contribution in [2.45, 2.75) is 20.4 Å². The van der Waals surface area contributed by atoms with Crippen molar-refractivity contribution in [2.24, 2.45) is 21.3 Å². The number of esters is 1. The molecule has 2 aliphatic rings. The summed E-state index contributed by atoms with van der Waals surface area (Å²) in [6.07, 6.45) is 1.75. The lowest BCUT2D eigenvalue weighted by atomic mass is 9.71. The molecule has 3 rings (SSSR count). The first-order valence-electron chi connectivity index (χ1n) is 9.72. The van der Waals surface area contributed by atoms with E-state index in [0.29, 0.717) is 12.6 Å². The Kier molecular flexibility index (Phi) is 7.93. The van der Waals surface area contributed by atoms with Crippen molar-refractivity contribution in [3.05, 3.63) is 48.6 Å². The van der Waals surface area contributed by atoms with E-state index in [9.17, 15) is 4.79 Å². The fraction of sp³-hybridized carbons (Fsp3) is 0.500. The minimum Gasteiger partial charge on any atom is -0.466 e. The van der Waals surface area contributed by atoms with Crippen LogP contribution in [0.1, 0.15) is 19.4 Å². The molecule has 1 aromatic carbocycles. The lowest BCUT2D eigenvalue weighted by Crippen LogP contribution is -2.63. The van der Waals surface area contributed by atoms with E-state index in [0.717, 1.165) is 32.7 Å². The molecule has 152 valence electrons. The highest BCUT2D eigenvalue weighted by atomic mass is 16.5. The molecular formula is C22H32N4O2. The largest absolute Gasteiger partial charge is 0.466 e. The Morgan fingerprint density at radius 2 is 1.96 bits per heavy atom. The zero-order valence-electron chi connectivity index (χ0n) is 17.3. The molecule has 0 aromatic heterocycles. The minimum absolute atomic E-state index is 0.0817. The predicted molar refractivity (Wildman–Crippen MR) is 115 cm³/mol. The van der Waals surface area contributed by atoms with Crippen molar-refractivity contribution in [1.82, 2.24) is 9.80 Å². The van der Waals surface area contributed by atoms with Gasteiger partial charge in [0.05, 0.1) is 12.5 Å². The number of nitrogens with zero attached hydrogens (tertiary/aromatic N) is 4. The third-order valence-corrected chi connectivity index (χ3v) is 5.17. The Morgan fingerprint density at radius 3 is 2.50 bits per heavy atom. The van der Waals surface area contributed by atoms with Crippen LogP contribution in [0.5, 0.6) is 0 Å². The van der Waals surface area contributed by atoms with Gasteiger partial charge in [-0.15, -0.1) is 6.58 Å². The quantitative estimate of drug-likeness (QED) is 0.347. The van der Waals surface area contributed by atoms with Crippen LogP contribution in [-0.4, -0.2) is 68.3 Å². The van der Waals surface area contributed by atoms with Crippen LogP contribution in [0.15, 0.2) is 53.0 Å². The van der Waals surface area contributed by atoms with Gasteiger partial charge in [0.1, 0.15) is 0 Å². The van der Waals surface area contributed by atoms with Crippen molar-refractivity contribution in [3.8, 4) is 0 Å². The average Bonchev–Trinajstić information content (AvgIpc) is 3.03. The Hall–Kier alpha value is -2.47. The molecule has 1 spiro atoms. The second kappa shape index (κ2) is 10.2. The van der Waals surface area contributed by atoms with E-state index in [-0.39, 0.29) is 17.3 Å². The highest BCUT2D eigenvalue weighted by molar-refractivity contribution is 5.85. The summed E-state index contributed by atoms with van der Waals surface area (Å²) in [5, 5.41) is 0. The van der Waals surface area contributed by atoms with Gasteiger partial charge in [-0.1, -0.05) is 36.4 Å². The summed E-state index contributed by atoms with van der Waals surface area (Å²) in [5.74, 6) is 0.462. The zero-order valence-corrected chi connectivity index (χ0v) is 17.3. The van der Waals surface area contributed by atoms with Crippen LogP contribution in [-0.2, 0) is 16.1 Å². The van der Waals surface area contributed by atoms with Gasteiger partial charge in [-0.05, 0) is 26.1 Å². The molecule has 28 heavy (non-hydrogen) atoms. The highest BCUT2D eigenvalue weighted by Crippen LogP contribution is 2.45. The number of aliphatic imine (C=N–C) groups is 2. The molecule has 2 heterocycles. The van der Waals surface area contributed by atoms with Crippen molar-refractivity contribution in [3.63, 3.8) is 0 Å². The van der Waals surface area contributed by atoms with Gasteiger partial charge in [-0.2, -0.15) is 0 Å². The average molecular weight is 385 g/mol. The lowest BCUT2D eigenvalue weighted by molar-refractivity contribution is -0.154. The number of carbonyl (C=O) groups is 1. The third kappa shape index (κ3) is 4.87. The zero-order chi connectivity index (χ0) is 20.6. The number of carbonyl (C=O) groups excluding carboxylic acids is 1. The topological polar surface area (TPSA) is 57.5 Å². The molecule has 0 bridgehead atoms. The van der Waals surface area contributed by atoms with Gasteiger partial charge < -0.3 is 9.64 Å². The van der Waals surface area contributed by atoms with Gasteiger partial charge in [0, 0.05) is 45.2 Å². The number of hydrogen-bond acceptors (Lipinski definition) is 4. The Morgan fingerprint density at radius 1 is 1.32 bits per heavy atom. The molecule has 2 fully saturated rings. The number of benzene rings is 1. The summed E-state index contributed by atoms with van der Waals surface area (Å²) in [7, 11) is 1.72. The number of ether oxygens (including phenoxy) is 1. The van der Waals surface area contributed by atoms with Gasteiger partial charge in [-0.3, -0.25) is 14.7 Å². The molecule has 0 saturated carbocycles. The summed E-state index contributed by atoms with van der Waals surface area (Å²) >= 11 is 0. The van der Waals surface area contributed by atoms with Crippen LogP contribution < -0.4 is 0 Å². The van der Waals surface area contributed by atoms with Crippen LogP contribution in [0.3, 0.4) is 0 Å². The first-order valence-corrected chi connectivity index (χ1v) is 9.72. The molecule has 6 heteroatoms. The van der Waals surface area contributed by atoms with E-state index < -0.39 is 0 Å². The second-order valence-electron chi connectivity index (χ2n) is 7.27. The molecule has 0 N–H and O–H groups in total. The molecule has 0 aliphatic carbocycles. The maximum Gasteiger partial charge on any atom is 0.310 e. The number of allylic oxidation sites excluding steroid dienone is 1. The van der Waals surface area contributed by atoms with Crippen LogP contribution in [0.25, 0.3) is 0 Å². The smallest absolute Gasteiger partial charge is 0.310 e. The number of guanidine groups is 1. The van der Waals surface area contributed by atoms with E-state index in [2.05, 4.69) is 57.3 Å². The second-order valence-corrected chi connectivity index (χ2v) is 7.27. The molecule has 2 aliphatic heterocycles. The first kappa shape index (κ1) is 21.8. The molecule has 2 saturated heterocycles. The summed E-state index contributed by atoms with van der Waals surface area (Å²) in [6.45, 7) is 15.1. The Bertz CT molecular complexity index is 696. The van der Waals surface area contributed by atoms with Crippen LogP contribution in [0.2, 0.25) is 0 Å². The monoisotopic (exact) mass is 384 g/mol. The van der Waals surface area contributed by atoms with Crippen molar-refractivity contribution >= 4 is 18.6 Å². The van der Waals surface area contributed by atoms with E-state index in [4.69, 9.17) is 4.74 Å². The van der Waals surface area contributed by atoms with Gasteiger partial charge in [0.2, 0.25) is 5.96 Å². The van der Waals surface area contributed by atoms with E-state index in [1.54, 1.807) is 13.1 Å². The first-order chi connectivity index (χ1) is 13.5. The molecule has 0 amide bonds. The third-order valence-electron chi connectivity index (χ3n) is 5.17. The van der Waals surface area contributed by atoms with Crippen LogP contribution in [0.4, 0.5) is 0 Å². The summed E-state index contributed by atoms with van der Waals surface area (Å²) in [4.78, 5) is 25.1. The van der Waals surface area contributed by atoms with E-state index in [1.165, 1.54) is 5.56 Å². The molecule has 1 aromatic rings. The van der Waals surface area contributed by atoms with Gasteiger partial charge in [0.15, 0.2) is 0 Å². The maximum absolute atomic E-state index is 12.5. The maximum atomic E-state index is 12.5. The molecule has 1 atom stereocenters. The van der Waals surface area contributed by atoms with Crippen LogP contribution >= 0.6 is 0 Å². The molecule has 6 nitrogen and oxygen atoms in total. The SMILES string of the molecule is C=CC.C=NC(=NC)N1CC2(CN(Cc3ccccc3)CC2C(=O)OCC)C1. The van der Waals surface area contributed by atoms with Crippen molar-refractivity contribution in [2.75, 3.05) is 39.8 Å². The number of hydrogen-bond donors (Lipinski definition) is 0.